The van der Waals surface area contributed by atoms with Gasteiger partial charge < -0.3 is 33.9 Å². The summed E-state index contributed by atoms with van der Waals surface area (Å²) in [4.78, 5) is 56.4. The van der Waals surface area contributed by atoms with Crippen molar-refractivity contribution < 1.29 is 43.2 Å². The van der Waals surface area contributed by atoms with E-state index in [0.29, 0.717) is 23.6 Å². The fraction of sp³-hybridized carbons (Fsp3) is 0.632. The fourth-order valence-electron chi connectivity index (χ4n) is 6.84. The number of carbonyl (C=O) groups excluding carboxylic acids is 4. The first-order chi connectivity index (χ1) is 24.1. The minimum Gasteiger partial charge on any atom is -0.457 e. The Morgan fingerprint density at radius 2 is 1.94 bits per heavy atom. The van der Waals surface area contributed by atoms with Crippen LogP contribution in [0.25, 0.3) is 0 Å². The maximum absolute atomic E-state index is 14.1. The highest BCUT2D eigenvalue weighted by atomic mass is 35.5. The highest BCUT2D eigenvalue weighted by Gasteiger charge is 2.64. The van der Waals surface area contributed by atoms with E-state index >= 15 is 0 Å². The number of alkyl carbamates (subject to hydrolysis) is 1. The van der Waals surface area contributed by atoms with Gasteiger partial charge in [0, 0.05) is 44.7 Å². The molecule has 1 aromatic rings. The lowest BCUT2D eigenvalue weighted by Gasteiger charge is -2.42. The summed E-state index contributed by atoms with van der Waals surface area (Å²) in [6, 6.07) is 2.84. The number of nitrogens with one attached hydrogen (secondary N) is 1. The van der Waals surface area contributed by atoms with E-state index in [0.717, 1.165) is 16.7 Å². The molecule has 0 aliphatic carbocycles. The van der Waals surface area contributed by atoms with Crippen LogP contribution in [0.15, 0.2) is 35.9 Å². The van der Waals surface area contributed by atoms with E-state index in [4.69, 9.17) is 30.5 Å². The number of esters is 1. The minimum absolute atomic E-state index is 0.0375. The number of hydrogen-bond donors (Lipinski definition) is 3. The lowest BCUT2D eigenvalue weighted by Crippen LogP contribution is -2.63. The number of aryl methyl sites for hydroxylation is 1. The number of amides is 3. The number of likely N-dealkylation sites (N-methyl/N-ethyl adjacent to an activating group) is 1. The zero-order valence-corrected chi connectivity index (χ0v) is 33.5. The number of fused-ring (bicyclic) bond motifs is 5. The van der Waals surface area contributed by atoms with Crippen molar-refractivity contribution >= 4 is 53.8 Å². The summed E-state index contributed by atoms with van der Waals surface area (Å²) in [7, 11) is 4.60. The molecule has 3 aliphatic rings. The van der Waals surface area contributed by atoms with Crippen LogP contribution in [0, 0.1) is 12.8 Å². The molecule has 14 heteroatoms. The monoisotopic (exact) mass is 763 g/mol. The van der Waals surface area contributed by atoms with Crippen LogP contribution >= 0.6 is 24.2 Å². The van der Waals surface area contributed by atoms with Crippen molar-refractivity contribution in [1.29, 1.82) is 0 Å². The average molecular weight is 764 g/mol. The zero-order valence-electron chi connectivity index (χ0n) is 31.8. The fourth-order valence-corrected chi connectivity index (χ4v) is 7.19. The van der Waals surface area contributed by atoms with Gasteiger partial charge >= 0.3 is 12.1 Å². The van der Waals surface area contributed by atoms with Gasteiger partial charge in [-0.1, -0.05) is 62.2 Å². The first-order valence-electron chi connectivity index (χ1n) is 17.6. The third kappa shape index (κ3) is 9.52. The van der Waals surface area contributed by atoms with Crippen LogP contribution in [0.1, 0.15) is 78.4 Å². The Labute approximate surface area is 317 Å². The Kier molecular flexibility index (Phi) is 12.9. The van der Waals surface area contributed by atoms with Crippen molar-refractivity contribution in [1.82, 2.24) is 10.2 Å². The summed E-state index contributed by atoms with van der Waals surface area (Å²) >= 11 is 11.3. The summed E-state index contributed by atoms with van der Waals surface area (Å²) < 4.78 is 23.3. The molecule has 0 aromatic heterocycles. The summed E-state index contributed by atoms with van der Waals surface area (Å²) in [6.07, 6.45) is 1.92. The molecule has 3 aliphatic heterocycles. The van der Waals surface area contributed by atoms with Gasteiger partial charge in [-0.15, -0.1) is 0 Å². The predicted molar refractivity (Wildman–Crippen MR) is 201 cm³/mol. The lowest BCUT2D eigenvalue weighted by molar-refractivity contribution is -0.162. The number of epoxide rings is 1. The number of allylic oxidation sites excluding steroid dienone is 3. The third-order valence-corrected chi connectivity index (χ3v) is 11.2. The van der Waals surface area contributed by atoms with Gasteiger partial charge in [0.15, 0.2) is 5.72 Å². The van der Waals surface area contributed by atoms with Crippen LogP contribution < -0.4 is 10.2 Å². The van der Waals surface area contributed by atoms with Gasteiger partial charge in [0.25, 0.3) is 0 Å². The Hall–Kier alpha value is -3.10. The van der Waals surface area contributed by atoms with Gasteiger partial charge in [0.05, 0.1) is 23.2 Å². The summed E-state index contributed by atoms with van der Waals surface area (Å²) in [5.74, 6) is -1.85. The molecule has 4 rings (SSSR count). The molecule has 4 bridgehead atoms. The molecule has 0 spiro atoms. The van der Waals surface area contributed by atoms with Crippen molar-refractivity contribution in [3.63, 3.8) is 0 Å². The number of methoxy groups -OCH3 is 1. The number of anilines is 1. The number of benzene rings is 1. The summed E-state index contributed by atoms with van der Waals surface area (Å²) in [5, 5.41) is 14.7. The normalized spacial score (nSPS) is 32.0. The van der Waals surface area contributed by atoms with Crippen molar-refractivity contribution in [2.24, 2.45) is 5.92 Å². The summed E-state index contributed by atoms with van der Waals surface area (Å²) in [6.45, 7) is 12.8. The number of thiol groups is 1. The predicted octanol–water partition coefficient (Wildman–Crippen LogP) is 5.30. The van der Waals surface area contributed by atoms with E-state index in [-0.39, 0.29) is 35.8 Å². The number of halogens is 1. The standard InChI is InChI=1S/C38H54ClN3O9S/c1-21-12-11-13-28(48-10)38(47)20-27(49-35(46)40-38)23(3)33-37(7,51-33)29(50-34(45)24(4)41(8)30(43)14-15-36(5,6)52)19-31(44)42(9)26-18-25(16-21)17-22(2)32(26)39/h11-13,17-18,23-24,27-29,33,47,52H,14-16,19-20H2,1-10H3,(H,40,46)/b13-11+,21-12+. The molecule has 52 heavy (non-hydrogen) atoms. The van der Waals surface area contributed by atoms with Crippen LogP contribution in [0.5, 0.6) is 0 Å². The second-order valence-corrected chi connectivity index (χ2v) is 16.9. The minimum atomic E-state index is -1.81. The SMILES string of the molecule is COC1/C=C/C=C(\C)Cc2cc(C)c(Cl)c(c2)N(C)C(=O)CC(OC(=O)C(C)N(C)C(=O)CCC(C)(C)S)C2(C)OC2C(C)C2CC1(O)NC(=O)O2. The Balaban J connectivity index is 1.72. The van der Waals surface area contributed by atoms with Gasteiger partial charge in [0.1, 0.15) is 30.0 Å². The van der Waals surface area contributed by atoms with Gasteiger partial charge in [-0.05, 0) is 57.7 Å². The van der Waals surface area contributed by atoms with Gasteiger partial charge in [-0.3, -0.25) is 14.9 Å². The number of hydrogen-bond acceptors (Lipinski definition) is 10. The van der Waals surface area contributed by atoms with Crippen molar-refractivity contribution in [2.45, 2.75) is 127 Å². The Bertz CT molecular complexity index is 1610. The molecule has 8 atom stereocenters. The highest BCUT2D eigenvalue weighted by molar-refractivity contribution is 7.81. The van der Waals surface area contributed by atoms with Crippen LogP contribution in [0.4, 0.5) is 10.5 Å². The second kappa shape index (κ2) is 16.1. The van der Waals surface area contributed by atoms with Crippen LogP contribution in [0.2, 0.25) is 5.02 Å². The average Bonchev–Trinajstić information content (AvgIpc) is 3.76. The molecule has 12 nitrogen and oxygen atoms in total. The molecular weight excluding hydrogens is 710 g/mol. The molecule has 0 saturated carbocycles. The molecule has 1 aromatic carbocycles. The van der Waals surface area contributed by atoms with Gasteiger partial charge in [0.2, 0.25) is 11.8 Å². The first kappa shape index (κ1) is 41.7. The van der Waals surface area contributed by atoms with Crippen molar-refractivity contribution in [2.75, 3.05) is 26.1 Å². The Morgan fingerprint density at radius 1 is 1.27 bits per heavy atom. The maximum Gasteiger partial charge on any atom is 0.409 e. The van der Waals surface area contributed by atoms with E-state index < -0.39 is 59.8 Å². The maximum atomic E-state index is 14.1. The zero-order chi connectivity index (χ0) is 38.9. The quantitative estimate of drug-likeness (QED) is 0.191. The van der Waals surface area contributed by atoms with E-state index in [9.17, 15) is 24.3 Å². The molecule has 0 radical (unpaired) electrons. The molecule has 2 saturated heterocycles. The molecular formula is C38H54ClN3O9S. The van der Waals surface area contributed by atoms with E-state index in [1.807, 2.05) is 52.8 Å². The molecule has 2 fully saturated rings. The number of carbonyl (C=O) groups is 4. The van der Waals surface area contributed by atoms with Gasteiger partial charge in [-0.25, -0.2) is 9.59 Å². The topological polar surface area (TPSA) is 147 Å². The second-order valence-electron chi connectivity index (χ2n) is 15.3. The van der Waals surface area contributed by atoms with Crippen LogP contribution in [0.3, 0.4) is 0 Å². The number of ether oxygens (including phenoxy) is 4. The highest BCUT2D eigenvalue weighted by Crippen LogP contribution is 2.49. The molecule has 3 heterocycles. The van der Waals surface area contributed by atoms with Crippen LogP contribution in [-0.4, -0.2) is 102 Å². The largest absolute Gasteiger partial charge is 0.457 e. The molecule has 288 valence electrons. The summed E-state index contributed by atoms with van der Waals surface area (Å²) in [5.41, 5.74) is 0.172. The number of rotatable bonds is 7. The van der Waals surface area contributed by atoms with Crippen LogP contribution in [-0.2, 0) is 39.8 Å². The van der Waals surface area contributed by atoms with E-state index in [2.05, 4.69) is 17.9 Å². The smallest absolute Gasteiger partial charge is 0.409 e. The third-order valence-electron chi connectivity index (χ3n) is 10.5. The van der Waals surface area contributed by atoms with Crippen molar-refractivity contribution in [3.05, 3.63) is 52.1 Å². The number of nitrogens with zero attached hydrogens (tertiary/aromatic N) is 2. The van der Waals surface area contributed by atoms with E-state index in [1.165, 1.54) is 24.0 Å². The van der Waals surface area contributed by atoms with Crippen molar-refractivity contribution in [3.8, 4) is 0 Å². The lowest BCUT2D eigenvalue weighted by atomic mass is 9.83. The molecule has 2 N–H and O–H groups in total. The Morgan fingerprint density at radius 3 is 2.58 bits per heavy atom. The molecule has 3 amide bonds. The van der Waals surface area contributed by atoms with E-state index in [1.54, 1.807) is 33.0 Å². The first-order valence-corrected chi connectivity index (χ1v) is 18.4. The molecule has 8 unspecified atom stereocenters. The van der Waals surface area contributed by atoms with Gasteiger partial charge in [-0.2, -0.15) is 12.6 Å². The number of aliphatic hydroxyl groups is 1.